The van der Waals surface area contributed by atoms with Gasteiger partial charge in [-0.1, -0.05) is 221 Å². The van der Waals surface area contributed by atoms with Crippen LogP contribution in [-0.4, -0.2) is 89.6 Å². The van der Waals surface area contributed by atoms with Gasteiger partial charge in [-0.2, -0.15) is 0 Å². The Bertz CT molecular complexity index is 1350. The van der Waals surface area contributed by atoms with E-state index in [1.54, 1.807) is 0 Å². The molecule has 6 unspecified atom stereocenters. The molecule has 70 heavy (non-hydrogen) atoms. The molecule has 404 valence electrons. The van der Waals surface area contributed by atoms with Crippen molar-refractivity contribution in [2.75, 3.05) is 26.4 Å². The maximum atomic E-state index is 12.9. The fraction of sp³-hybridized carbons (Fsp3) is 0.754. The van der Waals surface area contributed by atoms with E-state index in [2.05, 4.69) is 98.9 Å². The average molecular weight is 984 g/mol. The van der Waals surface area contributed by atoms with Gasteiger partial charge in [-0.25, -0.2) is 0 Å². The van der Waals surface area contributed by atoms with E-state index in [0.717, 1.165) is 83.5 Å². The van der Waals surface area contributed by atoms with Gasteiger partial charge in [0.1, 0.15) is 30.5 Å². The molecule has 1 heterocycles. The second-order valence-corrected chi connectivity index (χ2v) is 19.4. The topological polar surface area (TPSA) is 135 Å². The molecule has 1 fully saturated rings. The highest BCUT2D eigenvalue weighted by Gasteiger charge is 2.44. The molecule has 9 heteroatoms. The van der Waals surface area contributed by atoms with Crippen LogP contribution in [0, 0.1) is 0 Å². The molecule has 1 aliphatic rings. The lowest BCUT2D eigenvalue weighted by Crippen LogP contribution is -2.59. The van der Waals surface area contributed by atoms with E-state index in [-0.39, 0.29) is 19.2 Å². The van der Waals surface area contributed by atoms with Gasteiger partial charge in [-0.15, -0.1) is 0 Å². The van der Waals surface area contributed by atoms with Crippen molar-refractivity contribution in [2.24, 2.45) is 0 Å². The third-order valence-corrected chi connectivity index (χ3v) is 12.8. The largest absolute Gasteiger partial charge is 0.457 e. The fourth-order valence-corrected chi connectivity index (χ4v) is 8.37. The van der Waals surface area contributed by atoms with Crippen LogP contribution >= 0.6 is 0 Å². The van der Waals surface area contributed by atoms with Crippen LogP contribution < -0.4 is 0 Å². The fourth-order valence-electron chi connectivity index (χ4n) is 8.37. The molecule has 0 aromatic heterocycles. The smallest absolute Gasteiger partial charge is 0.306 e. The van der Waals surface area contributed by atoms with Gasteiger partial charge in [-0.3, -0.25) is 4.79 Å². The molecule has 0 amide bonds. The maximum absolute atomic E-state index is 12.9. The minimum atomic E-state index is -1.55. The normalized spacial score (nSPS) is 19.5. The van der Waals surface area contributed by atoms with Gasteiger partial charge in [0.25, 0.3) is 0 Å². The van der Waals surface area contributed by atoms with Gasteiger partial charge < -0.3 is 39.4 Å². The third-order valence-electron chi connectivity index (χ3n) is 12.8. The van der Waals surface area contributed by atoms with Crippen LogP contribution in [0.2, 0.25) is 0 Å². The van der Waals surface area contributed by atoms with E-state index in [1.165, 1.54) is 128 Å². The Hall–Kier alpha value is -2.63. The second kappa shape index (κ2) is 51.3. The number of rotatable bonds is 49. The Kier molecular flexibility index (Phi) is 47.9. The SMILES string of the molecule is CC/C=C\C/C=C\C/C=C\C/C=C\C/C=C\C/C=C\CCCCCOCC(COC1OC(CO)C(O)C(O)C1O)OC(=O)CCCCCCCCCCCCCCC/C=C\CCCCCCCCCC. The Morgan fingerprint density at radius 3 is 1.33 bits per heavy atom. The lowest BCUT2D eigenvalue weighted by Gasteiger charge is -2.39. The van der Waals surface area contributed by atoms with Crippen LogP contribution in [0.15, 0.2) is 85.1 Å². The molecule has 1 saturated heterocycles. The Morgan fingerprint density at radius 2 is 0.871 bits per heavy atom. The van der Waals surface area contributed by atoms with Crippen LogP contribution in [-0.2, 0) is 23.7 Å². The molecule has 0 spiro atoms. The number of unbranched alkanes of at least 4 members (excludes halogenated alkanes) is 24. The first-order chi connectivity index (χ1) is 34.4. The van der Waals surface area contributed by atoms with Gasteiger partial charge in [0.15, 0.2) is 6.29 Å². The van der Waals surface area contributed by atoms with E-state index in [9.17, 15) is 25.2 Å². The first-order valence-corrected chi connectivity index (χ1v) is 28.7. The zero-order valence-electron chi connectivity index (χ0n) is 44.7. The van der Waals surface area contributed by atoms with Crippen molar-refractivity contribution in [3.8, 4) is 0 Å². The molecule has 6 atom stereocenters. The Balaban J connectivity index is 2.19. The number of carbonyl (C=O) groups is 1. The van der Waals surface area contributed by atoms with Crippen LogP contribution in [0.25, 0.3) is 0 Å². The average Bonchev–Trinajstić information content (AvgIpc) is 3.36. The molecule has 1 aliphatic heterocycles. The monoisotopic (exact) mass is 983 g/mol. The van der Waals surface area contributed by atoms with Crippen LogP contribution in [0.4, 0.5) is 0 Å². The molecule has 0 radical (unpaired) electrons. The van der Waals surface area contributed by atoms with Gasteiger partial charge in [0, 0.05) is 13.0 Å². The van der Waals surface area contributed by atoms with E-state index in [4.69, 9.17) is 18.9 Å². The summed E-state index contributed by atoms with van der Waals surface area (Å²) >= 11 is 0. The summed E-state index contributed by atoms with van der Waals surface area (Å²) in [7, 11) is 0. The van der Waals surface area contributed by atoms with Crippen molar-refractivity contribution >= 4 is 5.97 Å². The summed E-state index contributed by atoms with van der Waals surface area (Å²) < 4.78 is 22.9. The highest BCUT2D eigenvalue weighted by Crippen LogP contribution is 2.23. The number of ether oxygens (including phenoxy) is 4. The number of hydrogen-bond acceptors (Lipinski definition) is 9. The van der Waals surface area contributed by atoms with Crippen molar-refractivity contribution in [2.45, 2.75) is 269 Å². The van der Waals surface area contributed by atoms with E-state index in [1.807, 2.05) is 0 Å². The molecule has 4 N–H and O–H groups in total. The van der Waals surface area contributed by atoms with Gasteiger partial charge in [-0.05, 0) is 89.9 Å². The van der Waals surface area contributed by atoms with Crippen molar-refractivity contribution in [1.29, 1.82) is 0 Å². The molecule has 0 aromatic carbocycles. The van der Waals surface area contributed by atoms with Crippen LogP contribution in [0.3, 0.4) is 0 Å². The second-order valence-electron chi connectivity index (χ2n) is 19.4. The lowest BCUT2D eigenvalue weighted by molar-refractivity contribution is -0.305. The maximum Gasteiger partial charge on any atom is 0.306 e. The van der Waals surface area contributed by atoms with Gasteiger partial charge in [0.05, 0.1) is 19.8 Å². The number of allylic oxidation sites excluding steroid dienone is 14. The summed E-state index contributed by atoms with van der Waals surface area (Å²) in [4.78, 5) is 12.9. The number of aliphatic hydroxyl groups is 4. The lowest BCUT2D eigenvalue weighted by atomic mass is 9.99. The zero-order chi connectivity index (χ0) is 50.6. The minimum absolute atomic E-state index is 0.118. The van der Waals surface area contributed by atoms with Gasteiger partial charge >= 0.3 is 5.97 Å². The molecular formula is C61H106O9. The van der Waals surface area contributed by atoms with Crippen molar-refractivity contribution < 1.29 is 44.2 Å². The first-order valence-electron chi connectivity index (χ1n) is 28.7. The molecule has 0 aliphatic carbocycles. The number of carbonyl (C=O) groups excluding carboxylic acids is 1. The molecule has 0 aromatic rings. The zero-order valence-corrected chi connectivity index (χ0v) is 44.7. The summed E-state index contributed by atoms with van der Waals surface area (Å²) in [6, 6.07) is 0. The van der Waals surface area contributed by atoms with Crippen LogP contribution in [0.5, 0.6) is 0 Å². The molecule has 1 rings (SSSR count). The molecule has 0 saturated carbocycles. The Labute approximate surface area is 429 Å². The predicted octanol–water partition coefficient (Wildman–Crippen LogP) is 14.9. The minimum Gasteiger partial charge on any atom is -0.457 e. The number of hydrogen-bond donors (Lipinski definition) is 4. The third kappa shape index (κ3) is 40.9. The molecule has 9 nitrogen and oxygen atoms in total. The van der Waals surface area contributed by atoms with E-state index >= 15 is 0 Å². The summed E-state index contributed by atoms with van der Waals surface area (Å²) in [5.74, 6) is -0.326. The highest BCUT2D eigenvalue weighted by molar-refractivity contribution is 5.69. The summed E-state index contributed by atoms with van der Waals surface area (Å²) in [5.41, 5.74) is 0. The summed E-state index contributed by atoms with van der Waals surface area (Å²) in [6.45, 7) is 4.38. The first kappa shape index (κ1) is 65.4. The van der Waals surface area contributed by atoms with Gasteiger partial charge in [0.2, 0.25) is 0 Å². The van der Waals surface area contributed by atoms with Crippen molar-refractivity contribution in [3.63, 3.8) is 0 Å². The van der Waals surface area contributed by atoms with Crippen LogP contribution in [0.1, 0.15) is 232 Å². The quantitative estimate of drug-likeness (QED) is 0.0267. The number of esters is 1. The van der Waals surface area contributed by atoms with Crippen molar-refractivity contribution in [3.05, 3.63) is 85.1 Å². The highest BCUT2D eigenvalue weighted by atomic mass is 16.7. The van der Waals surface area contributed by atoms with Crippen molar-refractivity contribution in [1.82, 2.24) is 0 Å². The van der Waals surface area contributed by atoms with E-state index in [0.29, 0.717) is 13.0 Å². The summed E-state index contributed by atoms with van der Waals surface area (Å²) in [5, 5.41) is 40.3. The predicted molar refractivity (Wildman–Crippen MR) is 293 cm³/mol. The molecular weight excluding hydrogens is 877 g/mol. The van der Waals surface area contributed by atoms with E-state index < -0.39 is 43.4 Å². The standard InChI is InChI=1S/C61H106O9/c1-3-5-7-9-11-13-15-17-19-21-23-25-27-28-29-30-32-34-36-38-40-42-44-46-48-50-57(63)69-55(54-68-61-60(66)59(65)58(64)56(52-62)70-61)53-67-51-49-47-45-43-41-39-37-35-33-31-26-24-22-20-18-16-14-12-10-8-6-4-2/h6,8,12,14,18,20-21,23-24,26,33,35,39,41,55-56,58-62,64-66H,3-5,7,9-11,13,15-17,19,22,25,27-32,34,36-38,40,42-54H2,1-2H3/b8-6-,14-12-,20-18-,23-21-,26-24-,35-33-,41-39-. The number of aliphatic hydroxyl groups excluding tert-OH is 4. The Morgan fingerprint density at radius 1 is 0.471 bits per heavy atom. The summed E-state index contributed by atoms with van der Waals surface area (Å²) in [6.07, 6.45) is 63.5. The molecule has 0 bridgehead atoms.